The molecule has 0 bridgehead atoms. The van der Waals surface area contributed by atoms with Crippen LogP contribution in [-0.4, -0.2) is 25.1 Å². The Morgan fingerprint density at radius 1 is 1.60 bits per heavy atom. The molecule has 0 heterocycles. The second-order valence-corrected chi connectivity index (χ2v) is 3.15. The summed E-state index contributed by atoms with van der Waals surface area (Å²) in [5.41, 5.74) is 1.54. The highest BCUT2D eigenvalue weighted by atomic mass is 35.5. The fourth-order valence-corrected chi connectivity index (χ4v) is 1.09. The second-order valence-electron chi connectivity index (χ2n) is 1.91. The van der Waals surface area contributed by atoms with E-state index in [-0.39, 0.29) is 0 Å². The first-order valence-electron chi connectivity index (χ1n) is 3.36. The topological polar surface area (TPSA) is 12.0 Å². The first kappa shape index (κ1) is 10.3. The second kappa shape index (κ2) is 9.34. The number of hydrogen-bond acceptors (Lipinski definition) is 2. The van der Waals surface area contributed by atoms with Gasteiger partial charge in [0.1, 0.15) is 0 Å². The standard InChI is InChI=1S/C7H14ClNS/c1-10-7-3-6-9-5-2-4-8/h2,4,9H,3,5-7H2,1H3/b4-2+. The quantitative estimate of drug-likeness (QED) is 0.627. The van der Waals surface area contributed by atoms with Gasteiger partial charge in [0.05, 0.1) is 0 Å². The lowest BCUT2D eigenvalue weighted by atomic mass is 10.5. The highest BCUT2D eigenvalue weighted by Gasteiger charge is 1.83. The molecule has 1 nitrogen and oxygen atoms in total. The maximum absolute atomic E-state index is 5.32. The molecular weight excluding hydrogens is 166 g/mol. The summed E-state index contributed by atoms with van der Waals surface area (Å²) in [5, 5.41) is 3.24. The molecule has 0 aliphatic heterocycles. The van der Waals surface area contributed by atoms with Crippen LogP contribution >= 0.6 is 23.4 Å². The predicted octanol–water partition coefficient (Wildman–Crippen LogP) is 2.08. The van der Waals surface area contributed by atoms with Gasteiger partial charge in [-0.1, -0.05) is 17.7 Å². The van der Waals surface area contributed by atoms with E-state index >= 15 is 0 Å². The molecule has 0 radical (unpaired) electrons. The minimum absolute atomic E-state index is 0.887. The van der Waals surface area contributed by atoms with Gasteiger partial charge in [-0.15, -0.1) is 0 Å². The molecule has 0 rings (SSSR count). The summed E-state index contributed by atoms with van der Waals surface area (Å²) in [6, 6.07) is 0. The fraction of sp³-hybridized carbons (Fsp3) is 0.714. The van der Waals surface area contributed by atoms with Gasteiger partial charge >= 0.3 is 0 Å². The van der Waals surface area contributed by atoms with E-state index in [4.69, 9.17) is 11.6 Å². The van der Waals surface area contributed by atoms with Crippen LogP contribution < -0.4 is 5.32 Å². The molecule has 60 valence electrons. The van der Waals surface area contributed by atoms with Crippen LogP contribution in [-0.2, 0) is 0 Å². The molecular formula is C7H14ClNS. The molecule has 1 N–H and O–H groups in total. The van der Waals surface area contributed by atoms with Gasteiger partial charge in [0, 0.05) is 12.1 Å². The van der Waals surface area contributed by atoms with Crippen molar-refractivity contribution >= 4 is 23.4 Å². The van der Waals surface area contributed by atoms with Crippen molar-refractivity contribution in [3.63, 3.8) is 0 Å². The van der Waals surface area contributed by atoms with E-state index in [1.165, 1.54) is 12.2 Å². The number of rotatable bonds is 6. The minimum Gasteiger partial charge on any atom is -0.313 e. The number of halogens is 1. The Morgan fingerprint density at radius 2 is 2.40 bits per heavy atom. The molecule has 10 heavy (non-hydrogen) atoms. The zero-order valence-electron chi connectivity index (χ0n) is 6.27. The van der Waals surface area contributed by atoms with Crippen LogP contribution in [0.15, 0.2) is 11.6 Å². The van der Waals surface area contributed by atoms with Gasteiger partial charge in [0.2, 0.25) is 0 Å². The van der Waals surface area contributed by atoms with Crippen molar-refractivity contribution in [2.24, 2.45) is 0 Å². The lowest BCUT2D eigenvalue weighted by molar-refractivity contribution is 0.734. The summed E-state index contributed by atoms with van der Waals surface area (Å²) < 4.78 is 0. The SMILES string of the molecule is CSCCCNC/C=C/Cl. The number of thioether (sulfide) groups is 1. The van der Waals surface area contributed by atoms with Gasteiger partial charge in [-0.3, -0.25) is 0 Å². The molecule has 0 unspecified atom stereocenters. The summed E-state index contributed by atoms with van der Waals surface area (Å²) in [7, 11) is 0. The third-order valence-electron chi connectivity index (χ3n) is 1.05. The largest absolute Gasteiger partial charge is 0.313 e. The van der Waals surface area contributed by atoms with Crippen molar-refractivity contribution in [3.05, 3.63) is 11.6 Å². The van der Waals surface area contributed by atoms with E-state index in [1.807, 2.05) is 17.8 Å². The molecule has 0 aromatic carbocycles. The van der Waals surface area contributed by atoms with Crippen LogP contribution in [0.3, 0.4) is 0 Å². The Kier molecular flexibility index (Phi) is 9.66. The molecule has 3 heteroatoms. The predicted molar refractivity (Wildman–Crippen MR) is 50.9 cm³/mol. The first-order chi connectivity index (χ1) is 4.91. The fourth-order valence-electron chi connectivity index (χ4n) is 0.571. The minimum atomic E-state index is 0.887. The molecule has 0 saturated heterocycles. The van der Waals surface area contributed by atoms with Crippen LogP contribution in [0.1, 0.15) is 6.42 Å². The molecule has 0 aliphatic rings. The summed E-state index contributed by atoms with van der Waals surface area (Å²) in [4.78, 5) is 0. The van der Waals surface area contributed by atoms with Gasteiger partial charge in [0.15, 0.2) is 0 Å². The van der Waals surface area contributed by atoms with Gasteiger partial charge in [0.25, 0.3) is 0 Å². The highest BCUT2D eigenvalue weighted by molar-refractivity contribution is 7.98. The Morgan fingerprint density at radius 3 is 3.00 bits per heavy atom. The van der Waals surface area contributed by atoms with Crippen molar-refractivity contribution < 1.29 is 0 Å². The third-order valence-corrected chi connectivity index (χ3v) is 1.93. The molecule has 0 fully saturated rings. The van der Waals surface area contributed by atoms with Gasteiger partial charge in [-0.05, 0) is 25.0 Å². The molecule has 0 aromatic heterocycles. The zero-order valence-corrected chi connectivity index (χ0v) is 7.84. The lowest BCUT2D eigenvalue weighted by Gasteiger charge is -1.98. The maximum Gasteiger partial charge on any atom is 0.0146 e. The van der Waals surface area contributed by atoms with Crippen molar-refractivity contribution in [1.82, 2.24) is 5.32 Å². The maximum atomic E-state index is 5.32. The van der Waals surface area contributed by atoms with E-state index < -0.39 is 0 Å². The van der Waals surface area contributed by atoms with Gasteiger partial charge in [-0.2, -0.15) is 11.8 Å². The van der Waals surface area contributed by atoms with E-state index in [0.717, 1.165) is 13.1 Å². The molecule has 0 aromatic rings. The molecule has 0 atom stereocenters. The monoisotopic (exact) mass is 179 g/mol. The average Bonchev–Trinajstić information content (AvgIpc) is 1.97. The van der Waals surface area contributed by atoms with Gasteiger partial charge < -0.3 is 5.32 Å². The van der Waals surface area contributed by atoms with Crippen molar-refractivity contribution in [2.45, 2.75) is 6.42 Å². The Hall–Kier alpha value is 0.340. The summed E-state index contributed by atoms with van der Waals surface area (Å²) in [6.07, 6.45) is 5.26. The van der Waals surface area contributed by atoms with E-state index in [9.17, 15) is 0 Å². The summed E-state index contributed by atoms with van der Waals surface area (Å²) in [6.45, 7) is 1.97. The van der Waals surface area contributed by atoms with Crippen LogP contribution in [0, 0.1) is 0 Å². The molecule has 0 saturated carbocycles. The molecule has 0 spiro atoms. The molecule has 0 amide bonds. The smallest absolute Gasteiger partial charge is 0.0146 e. The Balaban J connectivity index is 2.77. The van der Waals surface area contributed by atoms with Crippen molar-refractivity contribution in [2.75, 3.05) is 25.1 Å². The van der Waals surface area contributed by atoms with E-state index in [0.29, 0.717) is 0 Å². The van der Waals surface area contributed by atoms with E-state index in [1.54, 1.807) is 5.54 Å². The Labute approximate surface area is 72.2 Å². The third kappa shape index (κ3) is 8.34. The van der Waals surface area contributed by atoms with Crippen LogP contribution in [0.4, 0.5) is 0 Å². The number of nitrogens with one attached hydrogen (secondary N) is 1. The van der Waals surface area contributed by atoms with Crippen molar-refractivity contribution in [3.8, 4) is 0 Å². The summed E-state index contributed by atoms with van der Waals surface area (Å²) >= 11 is 7.20. The average molecular weight is 180 g/mol. The first-order valence-corrected chi connectivity index (χ1v) is 5.19. The van der Waals surface area contributed by atoms with Crippen LogP contribution in [0.5, 0.6) is 0 Å². The lowest BCUT2D eigenvalue weighted by Crippen LogP contribution is -2.15. The summed E-state index contributed by atoms with van der Waals surface area (Å²) in [5.74, 6) is 1.23. The highest BCUT2D eigenvalue weighted by Crippen LogP contribution is 1.92. The zero-order chi connectivity index (χ0) is 7.66. The molecule has 0 aliphatic carbocycles. The van der Waals surface area contributed by atoms with Gasteiger partial charge in [-0.25, -0.2) is 0 Å². The Bertz CT molecular complexity index is 85.7. The van der Waals surface area contributed by atoms with Crippen LogP contribution in [0.25, 0.3) is 0 Å². The van der Waals surface area contributed by atoms with Crippen molar-refractivity contribution in [1.29, 1.82) is 0 Å². The van der Waals surface area contributed by atoms with Crippen LogP contribution in [0.2, 0.25) is 0 Å². The number of hydrogen-bond donors (Lipinski definition) is 1. The van der Waals surface area contributed by atoms with E-state index in [2.05, 4.69) is 11.6 Å². The normalized spacial score (nSPS) is 11.0.